The zero-order valence-electron chi connectivity index (χ0n) is 15.0. The van der Waals surface area contributed by atoms with E-state index in [0.717, 1.165) is 0 Å². The Bertz CT molecular complexity index is 864. The van der Waals surface area contributed by atoms with Crippen LogP contribution in [0.25, 0.3) is 10.8 Å². The highest BCUT2D eigenvalue weighted by atomic mass is 16.6. The predicted octanol–water partition coefficient (Wildman–Crippen LogP) is 2.60. The molecular weight excluding hydrogens is 340 g/mol. The number of hydrogen-bond donors (Lipinski definition) is 0. The zero-order chi connectivity index (χ0) is 19.4. The van der Waals surface area contributed by atoms with E-state index in [9.17, 15) is 19.7 Å². The Morgan fingerprint density at radius 1 is 1.27 bits per heavy atom. The molecule has 0 heterocycles. The number of anilines is 1. The zero-order valence-corrected chi connectivity index (χ0v) is 15.0. The van der Waals surface area contributed by atoms with E-state index in [2.05, 4.69) is 0 Å². The van der Waals surface area contributed by atoms with Crippen molar-refractivity contribution in [3.63, 3.8) is 0 Å². The van der Waals surface area contributed by atoms with Crippen LogP contribution in [0.15, 0.2) is 30.3 Å². The minimum absolute atomic E-state index is 0.133. The number of nitro groups is 1. The van der Waals surface area contributed by atoms with Crippen LogP contribution in [0.5, 0.6) is 0 Å². The first kappa shape index (κ1) is 19.3. The fourth-order valence-corrected chi connectivity index (χ4v) is 2.92. The van der Waals surface area contributed by atoms with Gasteiger partial charge in [0, 0.05) is 18.6 Å². The molecule has 1 amide bonds. The molecule has 1 unspecified atom stereocenters. The Balaban J connectivity index is 2.83. The topological polar surface area (TPSA) is 99.0 Å². The molecule has 1 atom stereocenters. The van der Waals surface area contributed by atoms with Gasteiger partial charge < -0.3 is 9.47 Å². The predicted molar refractivity (Wildman–Crippen MR) is 96.2 cm³/mol. The normalized spacial score (nSPS) is 11.8. The van der Waals surface area contributed by atoms with Gasteiger partial charge in [-0.25, -0.2) is 4.79 Å². The fourth-order valence-electron chi connectivity index (χ4n) is 2.92. The van der Waals surface area contributed by atoms with E-state index < -0.39 is 22.8 Å². The summed E-state index contributed by atoms with van der Waals surface area (Å²) in [5.74, 6) is -1.14. The third kappa shape index (κ3) is 3.50. The molecule has 0 aliphatic rings. The van der Waals surface area contributed by atoms with Gasteiger partial charge in [-0.1, -0.05) is 24.3 Å². The van der Waals surface area contributed by atoms with Crippen molar-refractivity contribution >= 4 is 34.0 Å². The molecule has 26 heavy (non-hydrogen) atoms. The lowest BCUT2D eigenvalue weighted by molar-refractivity contribution is -0.385. The Labute approximate surface area is 150 Å². The molecule has 2 aromatic carbocycles. The standard InChI is InChI=1S/C18H20N2O6/c1-11-15(20(23)24)9-13-7-5-6-8-14(13)17(11)19(16(21)10-25-3)12(2)18(22)26-4/h5-9,12H,10H2,1-4H3. The molecule has 138 valence electrons. The molecule has 0 spiro atoms. The number of carbonyl (C=O) groups is 2. The highest BCUT2D eigenvalue weighted by Gasteiger charge is 2.32. The Kier molecular flexibility index (Phi) is 5.89. The number of fused-ring (bicyclic) bond motifs is 1. The smallest absolute Gasteiger partial charge is 0.328 e. The maximum Gasteiger partial charge on any atom is 0.328 e. The van der Waals surface area contributed by atoms with Crippen LogP contribution in [-0.4, -0.2) is 43.7 Å². The van der Waals surface area contributed by atoms with Crippen LogP contribution in [-0.2, 0) is 19.1 Å². The van der Waals surface area contributed by atoms with Crippen LogP contribution in [0.1, 0.15) is 12.5 Å². The van der Waals surface area contributed by atoms with Crippen molar-refractivity contribution < 1.29 is 24.0 Å². The first-order chi connectivity index (χ1) is 12.3. The molecule has 0 N–H and O–H groups in total. The van der Waals surface area contributed by atoms with E-state index in [1.807, 2.05) is 0 Å². The lowest BCUT2D eigenvalue weighted by atomic mass is 10.0. The summed E-state index contributed by atoms with van der Waals surface area (Å²) >= 11 is 0. The highest BCUT2D eigenvalue weighted by Crippen LogP contribution is 2.38. The van der Waals surface area contributed by atoms with Gasteiger partial charge >= 0.3 is 5.97 Å². The average Bonchev–Trinajstić information content (AvgIpc) is 2.62. The van der Waals surface area contributed by atoms with Gasteiger partial charge in [0.15, 0.2) is 0 Å². The van der Waals surface area contributed by atoms with E-state index in [1.165, 1.54) is 32.1 Å². The van der Waals surface area contributed by atoms with Crippen molar-refractivity contribution in [2.24, 2.45) is 0 Å². The van der Waals surface area contributed by atoms with Crippen LogP contribution in [0, 0.1) is 17.0 Å². The summed E-state index contributed by atoms with van der Waals surface area (Å²) in [6.07, 6.45) is 0. The molecule has 0 bridgehead atoms. The fraction of sp³-hybridized carbons (Fsp3) is 0.333. The Morgan fingerprint density at radius 3 is 2.50 bits per heavy atom. The van der Waals surface area contributed by atoms with E-state index in [0.29, 0.717) is 16.5 Å². The van der Waals surface area contributed by atoms with E-state index in [1.54, 1.807) is 31.2 Å². The van der Waals surface area contributed by atoms with Gasteiger partial charge in [-0.05, 0) is 19.2 Å². The molecule has 2 rings (SSSR count). The molecule has 0 aliphatic heterocycles. The lowest BCUT2D eigenvalue weighted by Gasteiger charge is -2.29. The number of esters is 1. The molecule has 0 saturated carbocycles. The van der Waals surface area contributed by atoms with E-state index in [-0.39, 0.29) is 17.9 Å². The summed E-state index contributed by atoms with van der Waals surface area (Å²) in [4.78, 5) is 37.0. The van der Waals surface area contributed by atoms with Crippen LogP contribution in [0.2, 0.25) is 0 Å². The number of carbonyl (C=O) groups excluding carboxylic acids is 2. The molecule has 0 radical (unpaired) electrons. The summed E-state index contributed by atoms with van der Waals surface area (Å²) < 4.78 is 9.69. The molecule has 0 saturated heterocycles. The summed E-state index contributed by atoms with van der Waals surface area (Å²) in [6, 6.07) is 7.45. The maximum atomic E-state index is 12.7. The number of nitrogens with zero attached hydrogens (tertiary/aromatic N) is 2. The molecule has 8 nitrogen and oxygen atoms in total. The average molecular weight is 360 g/mol. The molecule has 0 fully saturated rings. The van der Waals surface area contributed by atoms with Crippen LogP contribution in [0.3, 0.4) is 0 Å². The number of ether oxygens (including phenoxy) is 2. The molecular formula is C18H20N2O6. The number of hydrogen-bond acceptors (Lipinski definition) is 6. The minimum atomic E-state index is -0.980. The van der Waals surface area contributed by atoms with Crippen molar-refractivity contribution in [2.45, 2.75) is 19.9 Å². The summed E-state index contributed by atoms with van der Waals surface area (Å²) in [5.41, 5.74) is 0.453. The molecule has 0 aliphatic carbocycles. The van der Waals surface area contributed by atoms with Crippen molar-refractivity contribution in [1.29, 1.82) is 0 Å². The molecule has 0 aromatic heterocycles. The number of rotatable bonds is 6. The third-order valence-corrected chi connectivity index (χ3v) is 4.15. The first-order valence-electron chi connectivity index (χ1n) is 7.89. The SMILES string of the molecule is COCC(=O)N(c1c(C)c([N+](=O)[O-])cc2ccccc12)C(C)C(=O)OC. The second-order valence-electron chi connectivity index (χ2n) is 5.74. The second kappa shape index (κ2) is 7.92. The quantitative estimate of drug-likeness (QED) is 0.446. The van der Waals surface area contributed by atoms with E-state index in [4.69, 9.17) is 9.47 Å². The minimum Gasteiger partial charge on any atom is -0.467 e. The second-order valence-corrected chi connectivity index (χ2v) is 5.74. The van der Waals surface area contributed by atoms with Gasteiger partial charge in [-0.2, -0.15) is 0 Å². The van der Waals surface area contributed by atoms with Gasteiger partial charge in [0.25, 0.3) is 11.6 Å². The highest BCUT2D eigenvalue weighted by molar-refractivity contribution is 6.09. The summed E-state index contributed by atoms with van der Waals surface area (Å²) in [6.45, 7) is 2.78. The number of methoxy groups -OCH3 is 2. The monoisotopic (exact) mass is 360 g/mol. The Hall–Kier alpha value is -3.00. The van der Waals surface area contributed by atoms with Gasteiger partial charge in [0.1, 0.15) is 12.6 Å². The summed E-state index contributed by atoms with van der Waals surface area (Å²) in [7, 11) is 2.58. The van der Waals surface area contributed by atoms with Crippen LogP contribution >= 0.6 is 0 Å². The van der Waals surface area contributed by atoms with Gasteiger partial charge in [0.2, 0.25) is 0 Å². The van der Waals surface area contributed by atoms with Crippen molar-refractivity contribution in [1.82, 2.24) is 0 Å². The van der Waals surface area contributed by atoms with Crippen LogP contribution in [0.4, 0.5) is 11.4 Å². The maximum absolute atomic E-state index is 12.7. The molecule has 2 aromatic rings. The third-order valence-electron chi connectivity index (χ3n) is 4.15. The van der Waals surface area contributed by atoms with Gasteiger partial charge in [-0.15, -0.1) is 0 Å². The Morgan fingerprint density at radius 2 is 1.92 bits per heavy atom. The van der Waals surface area contributed by atoms with Crippen molar-refractivity contribution in [2.75, 3.05) is 25.7 Å². The van der Waals surface area contributed by atoms with Crippen molar-refractivity contribution in [3.05, 3.63) is 46.0 Å². The van der Waals surface area contributed by atoms with Gasteiger partial charge in [-0.3, -0.25) is 19.8 Å². The van der Waals surface area contributed by atoms with Gasteiger partial charge in [0.05, 0.1) is 23.3 Å². The molecule has 8 heteroatoms. The number of amides is 1. The van der Waals surface area contributed by atoms with E-state index >= 15 is 0 Å². The first-order valence-corrected chi connectivity index (χ1v) is 7.89. The van der Waals surface area contributed by atoms with Crippen LogP contribution < -0.4 is 4.90 Å². The van der Waals surface area contributed by atoms with Crippen molar-refractivity contribution in [3.8, 4) is 0 Å². The lowest BCUT2D eigenvalue weighted by Crippen LogP contribution is -2.46. The number of nitro benzene ring substituents is 1. The largest absolute Gasteiger partial charge is 0.467 e. The summed E-state index contributed by atoms with van der Waals surface area (Å²) in [5, 5.41) is 12.7. The number of benzene rings is 2.